The Morgan fingerprint density at radius 1 is 1.21 bits per heavy atom. The lowest BCUT2D eigenvalue weighted by Crippen LogP contribution is -2.20. The van der Waals surface area contributed by atoms with Crippen LogP contribution < -0.4 is 20.5 Å². The first-order valence-electron chi connectivity index (χ1n) is 8.44. The standard InChI is InChI=1S/C21H21N3O4/c1-13-5-4-6-17(14(13)2)24-21(26)16(11-22)9-15-7-8-18(19(10-15)27-3)28-12-20(23)25/h4-10H,12H2,1-3H3,(H2,23,25)(H,24,26)/b16-9+. The van der Waals surface area contributed by atoms with Gasteiger partial charge in [-0.05, 0) is 54.8 Å². The smallest absolute Gasteiger partial charge is 0.266 e. The molecule has 0 spiro atoms. The summed E-state index contributed by atoms with van der Waals surface area (Å²) in [6.07, 6.45) is 1.45. The van der Waals surface area contributed by atoms with Gasteiger partial charge >= 0.3 is 0 Å². The SMILES string of the molecule is COc1cc(/C=C(\C#N)C(=O)Nc2cccc(C)c2C)ccc1OCC(N)=O. The number of benzene rings is 2. The molecule has 0 atom stereocenters. The van der Waals surface area contributed by atoms with Crippen molar-refractivity contribution in [3.05, 3.63) is 58.7 Å². The maximum atomic E-state index is 12.5. The number of hydrogen-bond acceptors (Lipinski definition) is 5. The van der Waals surface area contributed by atoms with E-state index in [9.17, 15) is 14.9 Å². The molecule has 28 heavy (non-hydrogen) atoms. The van der Waals surface area contributed by atoms with E-state index in [1.807, 2.05) is 32.0 Å². The van der Waals surface area contributed by atoms with Crippen LogP contribution in [0.5, 0.6) is 11.5 Å². The first-order chi connectivity index (χ1) is 13.3. The van der Waals surface area contributed by atoms with E-state index in [2.05, 4.69) is 5.32 Å². The summed E-state index contributed by atoms with van der Waals surface area (Å²) in [5.41, 5.74) is 8.20. The van der Waals surface area contributed by atoms with E-state index in [0.29, 0.717) is 22.7 Å². The molecule has 0 radical (unpaired) electrons. The molecule has 0 saturated carbocycles. The highest BCUT2D eigenvalue weighted by Crippen LogP contribution is 2.29. The lowest BCUT2D eigenvalue weighted by Gasteiger charge is -2.11. The third kappa shape index (κ3) is 5.11. The summed E-state index contributed by atoms with van der Waals surface area (Å²) in [6.45, 7) is 3.56. The summed E-state index contributed by atoms with van der Waals surface area (Å²) >= 11 is 0. The monoisotopic (exact) mass is 379 g/mol. The van der Waals surface area contributed by atoms with E-state index >= 15 is 0 Å². The predicted octanol–water partition coefficient (Wildman–Crippen LogP) is 2.72. The van der Waals surface area contributed by atoms with Gasteiger partial charge in [0.1, 0.15) is 11.6 Å². The Bertz CT molecular complexity index is 974. The molecule has 7 nitrogen and oxygen atoms in total. The third-order valence-corrected chi connectivity index (χ3v) is 4.09. The summed E-state index contributed by atoms with van der Waals surface area (Å²) in [5, 5.41) is 12.2. The number of hydrogen-bond donors (Lipinski definition) is 2. The molecule has 3 N–H and O–H groups in total. The van der Waals surface area contributed by atoms with Crippen LogP contribution in [0.1, 0.15) is 16.7 Å². The van der Waals surface area contributed by atoms with Crippen LogP contribution in [-0.2, 0) is 9.59 Å². The molecule has 2 rings (SSSR count). The maximum Gasteiger partial charge on any atom is 0.266 e. The van der Waals surface area contributed by atoms with Gasteiger partial charge in [-0.2, -0.15) is 5.26 Å². The van der Waals surface area contributed by atoms with E-state index in [0.717, 1.165) is 11.1 Å². The van der Waals surface area contributed by atoms with Gasteiger partial charge in [-0.15, -0.1) is 0 Å². The topological polar surface area (TPSA) is 114 Å². The number of rotatable bonds is 7. The molecule has 0 unspecified atom stereocenters. The highest BCUT2D eigenvalue weighted by atomic mass is 16.5. The quantitative estimate of drug-likeness (QED) is 0.567. The minimum Gasteiger partial charge on any atom is -0.493 e. The summed E-state index contributed by atoms with van der Waals surface area (Å²) in [5.74, 6) is -0.441. The molecule has 2 amide bonds. The number of carbonyl (C=O) groups is 2. The molecular formula is C21H21N3O4. The van der Waals surface area contributed by atoms with Crippen LogP contribution >= 0.6 is 0 Å². The fraction of sp³-hybridized carbons (Fsp3) is 0.190. The van der Waals surface area contributed by atoms with E-state index in [1.165, 1.54) is 13.2 Å². The highest BCUT2D eigenvalue weighted by Gasteiger charge is 2.13. The van der Waals surface area contributed by atoms with Gasteiger partial charge in [0.05, 0.1) is 7.11 Å². The maximum absolute atomic E-state index is 12.5. The molecule has 7 heteroatoms. The number of aryl methyl sites for hydroxylation is 1. The highest BCUT2D eigenvalue weighted by molar-refractivity contribution is 6.10. The van der Waals surface area contributed by atoms with Crippen molar-refractivity contribution in [3.8, 4) is 17.6 Å². The Labute approximate surface area is 163 Å². The molecular weight excluding hydrogens is 358 g/mol. The second-order valence-corrected chi connectivity index (χ2v) is 6.04. The first kappa shape index (κ1) is 20.5. The zero-order valence-electron chi connectivity index (χ0n) is 15.9. The molecule has 144 valence electrons. The van der Waals surface area contributed by atoms with Crippen LogP contribution in [0.25, 0.3) is 6.08 Å². The molecule has 0 aliphatic heterocycles. The normalized spacial score (nSPS) is 10.7. The van der Waals surface area contributed by atoms with Gasteiger partial charge in [0.15, 0.2) is 18.1 Å². The number of nitriles is 1. The van der Waals surface area contributed by atoms with Gasteiger partial charge in [-0.3, -0.25) is 9.59 Å². The summed E-state index contributed by atoms with van der Waals surface area (Å²) in [6, 6.07) is 12.3. The van der Waals surface area contributed by atoms with E-state index in [1.54, 1.807) is 24.3 Å². The summed E-state index contributed by atoms with van der Waals surface area (Å²) < 4.78 is 10.5. The second-order valence-electron chi connectivity index (χ2n) is 6.04. The molecule has 0 saturated heterocycles. The van der Waals surface area contributed by atoms with Gasteiger partial charge in [0.2, 0.25) is 0 Å². The van der Waals surface area contributed by atoms with Crippen LogP contribution in [0.3, 0.4) is 0 Å². The van der Waals surface area contributed by atoms with Crippen molar-refractivity contribution in [1.29, 1.82) is 5.26 Å². The first-order valence-corrected chi connectivity index (χ1v) is 8.44. The Hall–Kier alpha value is -3.79. The average Bonchev–Trinajstić information content (AvgIpc) is 2.68. The minimum absolute atomic E-state index is 0.0613. The number of carbonyl (C=O) groups excluding carboxylic acids is 2. The van der Waals surface area contributed by atoms with Crippen molar-refractivity contribution in [3.63, 3.8) is 0 Å². The second kappa shape index (κ2) is 9.24. The van der Waals surface area contributed by atoms with Crippen molar-refractivity contribution >= 4 is 23.6 Å². The number of nitrogens with one attached hydrogen (secondary N) is 1. The summed E-state index contributed by atoms with van der Waals surface area (Å²) in [4.78, 5) is 23.4. The molecule has 2 aromatic rings. The molecule has 0 fully saturated rings. The van der Waals surface area contributed by atoms with E-state index < -0.39 is 11.8 Å². The minimum atomic E-state index is -0.610. The van der Waals surface area contributed by atoms with Crippen LogP contribution in [0.2, 0.25) is 0 Å². The van der Waals surface area contributed by atoms with E-state index in [-0.39, 0.29) is 12.2 Å². The van der Waals surface area contributed by atoms with Crippen molar-refractivity contribution in [2.45, 2.75) is 13.8 Å². The third-order valence-electron chi connectivity index (χ3n) is 4.09. The lowest BCUT2D eigenvalue weighted by atomic mass is 10.1. The van der Waals surface area contributed by atoms with Gasteiger partial charge in [-0.1, -0.05) is 18.2 Å². The number of nitrogens with two attached hydrogens (primary N) is 1. The number of ether oxygens (including phenoxy) is 2. The van der Waals surface area contributed by atoms with Crippen molar-refractivity contribution in [2.24, 2.45) is 5.73 Å². The Morgan fingerprint density at radius 3 is 2.61 bits per heavy atom. The van der Waals surface area contributed by atoms with Gasteiger partial charge in [-0.25, -0.2) is 0 Å². The number of primary amides is 1. The Balaban J connectivity index is 2.25. The fourth-order valence-corrected chi connectivity index (χ4v) is 2.43. The zero-order chi connectivity index (χ0) is 20.7. The molecule has 0 heterocycles. The molecule has 0 aliphatic carbocycles. The molecule has 2 aromatic carbocycles. The van der Waals surface area contributed by atoms with Crippen LogP contribution in [0.15, 0.2) is 42.0 Å². The Morgan fingerprint density at radius 2 is 1.96 bits per heavy atom. The Kier molecular flexibility index (Phi) is 6.77. The van der Waals surface area contributed by atoms with E-state index in [4.69, 9.17) is 15.2 Å². The van der Waals surface area contributed by atoms with Crippen molar-refractivity contribution < 1.29 is 19.1 Å². The van der Waals surface area contributed by atoms with Gasteiger partial charge in [0.25, 0.3) is 11.8 Å². The molecule has 0 bridgehead atoms. The predicted molar refractivity (Wildman–Crippen MR) is 106 cm³/mol. The molecule has 0 aliphatic rings. The van der Waals surface area contributed by atoms with Crippen LogP contribution in [0, 0.1) is 25.2 Å². The lowest BCUT2D eigenvalue weighted by molar-refractivity contribution is -0.120. The molecule has 0 aromatic heterocycles. The largest absolute Gasteiger partial charge is 0.493 e. The number of methoxy groups -OCH3 is 1. The number of amides is 2. The summed E-state index contributed by atoms with van der Waals surface area (Å²) in [7, 11) is 1.44. The van der Waals surface area contributed by atoms with Crippen LogP contribution in [0.4, 0.5) is 5.69 Å². The number of anilines is 1. The van der Waals surface area contributed by atoms with Crippen molar-refractivity contribution in [1.82, 2.24) is 0 Å². The zero-order valence-corrected chi connectivity index (χ0v) is 15.9. The van der Waals surface area contributed by atoms with Crippen LogP contribution in [-0.4, -0.2) is 25.5 Å². The average molecular weight is 379 g/mol. The van der Waals surface area contributed by atoms with Crippen molar-refractivity contribution in [2.75, 3.05) is 19.0 Å². The number of nitrogens with zero attached hydrogens (tertiary/aromatic N) is 1. The van der Waals surface area contributed by atoms with Gasteiger partial charge < -0.3 is 20.5 Å². The van der Waals surface area contributed by atoms with Gasteiger partial charge in [0, 0.05) is 5.69 Å². The fourth-order valence-electron chi connectivity index (χ4n) is 2.43.